The lowest BCUT2D eigenvalue weighted by molar-refractivity contribution is 1.18. The van der Waals surface area contributed by atoms with Crippen molar-refractivity contribution in [1.82, 2.24) is 4.57 Å². The van der Waals surface area contributed by atoms with Gasteiger partial charge in [-0.25, -0.2) is 0 Å². The lowest BCUT2D eigenvalue weighted by Gasteiger charge is -2.13. The van der Waals surface area contributed by atoms with Crippen LogP contribution >= 0.6 is 11.3 Å². The SMILES string of the molecule is c1cc(-c2ccc3c4c(cccc24)-c2ccccc2-3)cc(-n2c3ccccc3c3cc4cc5sc6ccccc6c5cc4cc32)c1. The van der Waals surface area contributed by atoms with Crippen LogP contribution in [0.1, 0.15) is 0 Å². The summed E-state index contributed by atoms with van der Waals surface area (Å²) < 4.78 is 5.15. The predicted molar refractivity (Wildman–Crippen MR) is 199 cm³/mol. The molecule has 0 saturated heterocycles. The summed E-state index contributed by atoms with van der Waals surface area (Å²) in [7, 11) is 0. The summed E-state index contributed by atoms with van der Waals surface area (Å²) >= 11 is 1.88. The second-order valence-corrected chi connectivity index (χ2v) is 13.6. The first kappa shape index (κ1) is 24.6. The second-order valence-electron chi connectivity index (χ2n) is 12.5. The molecule has 46 heavy (non-hydrogen) atoms. The number of hydrogen-bond acceptors (Lipinski definition) is 1. The predicted octanol–water partition coefficient (Wildman–Crippen LogP) is 12.8. The van der Waals surface area contributed by atoms with E-state index in [1.165, 1.54) is 103 Å². The van der Waals surface area contributed by atoms with Gasteiger partial charge >= 0.3 is 0 Å². The number of nitrogens with zero attached hydrogens (tertiary/aromatic N) is 1. The molecular weight excluding hydrogens is 575 g/mol. The number of rotatable bonds is 2. The Bertz CT molecular complexity index is 2890. The van der Waals surface area contributed by atoms with Crippen molar-refractivity contribution in [2.75, 3.05) is 0 Å². The van der Waals surface area contributed by atoms with E-state index >= 15 is 0 Å². The number of para-hydroxylation sites is 1. The van der Waals surface area contributed by atoms with E-state index in [-0.39, 0.29) is 0 Å². The molecule has 0 N–H and O–H groups in total. The monoisotopic (exact) mass is 599 g/mol. The van der Waals surface area contributed by atoms with Crippen LogP contribution in [-0.2, 0) is 0 Å². The first-order valence-electron chi connectivity index (χ1n) is 15.8. The van der Waals surface area contributed by atoms with Crippen molar-refractivity contribution in [3.8, 4) is 39.1 Å². The fourth-order valence-electron chi connectivity index (χ4n) is 8.09. The van der Waals surface area contributed by atoms with Gasteiger partial charge in [0.25, 0.3) is 0 Å². The lowest BCUT2D eigenvalue weighted by atomic mass is 9.94. The zero-order valence-corrected chi connectivity index (χ0v) is 25.6. The van der Waals surface area contributed by atoms with Crippen LogP contribution in [0, 0.1) is 0 Å². The number of fused-ring (bicyclic) bond motifs is 10. The number of hydrogen-bond donors (Lipinski definition) is 0. The molecule has 2 aromatic heterocycles. The Morgan fingerprint density at radius 2 is 1.04 bits per heavy atom. The van der Waals surface area contributed by atoms with Gasteiger partial charge in [-0.3, -0.25) is 0 Å². The molecule has 1 aliphatic carbocycles. The van der Waals surface area contributed by atoms with Crippen molar-refractivity contribution < 1.29 is 0 Å². The van der Waals surface area contributed by atoms with Crippen molar-refractivity contribution in [3.05, 3.63) is 152 Å². The molecule has 10 aromatic rings. The molecule has 0 spiro atoms. The van der Waals surface area contributed by atoms with Gasteiger partial charge < -0.3 is 4.57 Å². The van der Waals surface area contributed by atoms with E-state index in [1.807, 2.05) is 11.3 Å². The second kappa shape index (κ2) is 8.94. The van der Waals surface area contributed by atoms with Crippen LogP contribution in [0.25, 0.3) is 103 Å². The molecule has 0 atom stereocenters. The molecule has 2 heterocycles. The van der Waals surface area contributed by atoms with Gasteiger partial charge in [0.15, 0.2) is 0 Å². The standard InChI is InChI=1S/C44H25NS/c1-2-12-32-31(11-1)36-16-8-15-35-30(19-20-37(32)44(35)36)26-9-7-10-29(21-26)45-40-17-5-3-13-33(40)38-22-28-25-43-39(23-27(28)24-41(38)45)34-14-4-6-18-42(34)46-43/h1-25H. The highest BCUT2D eigenvalue weighted by Crippen LogP contribution is 2.49. The molecule has 11 rings (SSSR count). The fraction of sp³-hybridized carbons (Fsp3) is 0. The van der Waals surface area contributed by atoms with Crippen LogP contribution in [0.2, 0.25) is 0 Å². The number of aromatic nitrogens is 1. The molecule has 1 aliphatic rings. The van der Waals surface area contributed by atoms with E-state index in [1.54, 1.807) is 0 Å². The molecule has 0 saturated carbocycles. The Hall–Kier alpha value is -5.70. The van der Waals surface area contributed by atoms with E-state index in [0.717, 1.165) is 0 Å². The maximum atomic E-state index is 2.46. The first-order chi connectivity index (χ1) is 22.8. The first-order valence-corrected chi connectivity index (χ1v) is 16.7. The molecule has 0 fully saturated rings. The molecule has 212 valence electrons. The van der Waals surface area contributed by atoms with E-state index in [2.05, 4.69) is 156 Å². The van der Waals surface area contributed by atoms with Crippen LogP contribution in [0.5, 0.6) is 0 Å². The third-order valence-corrected chi connectivity index (χ3v) is 11.2. The van der Waals surface area contributed by atoms with Gasteiger partial charge in [0.1, 0.15) is 0 Å². The van der Waals surface area contributed by atoms with Crippen molar-refractivity contribution in [3.63, 3.8) is 0 Å². The summed E-state index contributed by atoms with van der Waals surface area (Å²) in [5, 5.41) is 10.5. The third-order valence-electron chi connectivity index (χ3n) is 10.1. The van der Waals surface area contributed by atoms with Gasteiger partial charge in [0.2, 0.25) is 0 Å². The topological polar surface area (TPSA) is 4.93 Å². The molecule has 0 unspecified atom stereocenters. The quantitative estimate of drug-likeness (QED) is 0.186. The minimum atomic E-state index is 1.18. The molecule has 0 radical (unpaired) electrons. The summed E-state index contributed by atoms with van der Waals surface area (Å²) in [5.74, 6) is 0. The molecular formula is C44H25NS. The average Bonchev–Trinajstić information content (AvgIpc) is 3.75. The average molecular weight is 600 g/mol. The Morgan fingerprint density at radius 3 is 1.96 bits per heavy atom. The van der Waals surface area contributed by atoms with Crippen LogP contribution in [-0.4, -0.2) is 4.57 Å². The maximum absolute atomic E-state index is 2.46. The van der Waals surface area contributed by atoms with Crippen molar-refractivity contribution in [1.29, 1.82) is 0 Å². The van der Waals surface area contributed by atoms with E-state index < -0.39 is 0 Å². The zero-order chi connectivity index (χ0) is 29.9. The summed E-state index contributed by atoms with van der Waals surface area (Å²) in [4.78, 5) is 0. The maximum Gasteiger partial charge on any atom is 0.0547 e. The smallest absolute Gasteiger partial charge is 0.0547 e. The largest absolute Gasteiger partial charge is 0.309 e. The number of thiophene rings is 1. The highest BCUT2D eigenvalue weighted by Gasteiger charge is 2.22. The normalized spacial score (nSPS) is 12.3. The molecule has 0 bridgehead atoms. The molecule has 0 aliphatic heterocycles. The van der Waals surface area contributed by atoms with E-state index in [4.69, 9.17) is 0 Å². The zero-order valence-electron chi connectivity index (χ0n) is 24.8. The number of benzene rings is 8. The molecule has 0 amide bonds. The Morgan fingerprint density at radius 1 is 0.370 bits per heavy atom. The molecule has 8 aromatic carbocycles. The van der Waals surface area contributed by atoms with Crippen LogP contribution in [0.15, 0.2) is 152 Å². The summed E-state index contributed by atoms with van der Waals surface area (Å²) in [5.41, 5.74) is 11.5. The minimum absolute atomic E-state index is 1.18. The van der Waals surface area contributed by atoms with Gasteiger partial charge in [0, 0.05) is 36.6 Å². The molecule has 1 nitrogen and oxygen atoms in total. The summed E-state index contributed by atoms with van der Waals surface area (Å²) in [6.07, 6.45) is 0. The van der Waals surface area contributed by atoms with E-state index in [0.29, 0.717) is 0 Å². The van der Waals surface area contributed by atoms with Crippen molar-refractivity contribution in [2.45, 2.75) is 0 Å². The Labute approximate surface area is 269 Å². The van der Waals surface area contributed by atoms with Gasteiger partial charge in [-0.1, -0.05) is 103 Å². The fourth-order valence-corrected chi connectivity index (χ4v) is 9.22. The van der Waals surface area contributed by atoms with Crippen LogP contribution < -0.4 is 0 Å². The molecule has 2 heteroatoms. The summed E-state index contributed by atoms with van der Waals surface area (Å²) in [6, 6.07) is 56.5. The summed E-state index contributed by atoms with van der Waals surface area (Å²) in [6.45, 7) is 0. The van der Waals surface area contributed by atoms with Gasteiger partial charge in [-0.2, -0.15) is 0 Å². The van der Waals surface area contributed by atoms with Crippen molar-refractivity contribution in [2.24, 2.45) is 0 Å². The lowest BCUT2D eigenvalue weighted by Crippen LogP contribution is -1.94. The van der Waals surface area contributed by atoms with Gasteiger partial charge in [0.05, 0.1) is 11.0 Å². The Kier molecular flexibility index (Phi) is 4.78. The third kappa shape index (κ3) is 3.24. The highest BCUT2D eigenvalue weighted by molar-refractivity contribution is 7.25. The van der Waals surface area contributed by atoms with Crippen LogP contribution in [0.3, 0.4) is 0 Å². The van der Waals surface area contributed by atoms with Crippen LogP contribution in [0.4, 0.5) is 0 Å². The highest BCUT2D eigenvalue weighted by atomic mass is 32.1. The van der Waals surface area contributed by atoms with Gasteiger partial charge in [-0.15, -0.1) is 11.3 Å². The Balaban J connectivity index is 1.15. The van der Waals surface area contributed by atoms with Gasteiger partial charge in [-0.05, 0) is 103 Å². The van der Waals surface area contributed by atoms with Crippen molar-refractivity contribution >= 4 is 74.9 Å². The minimum Gasteiger partial charge on any atom is -0.309 e. The van der Waals surface area contributed by atoms with E-state index in [9.17, 15) is 0 Å².